The minimum absolute atomic E-state index is 0.122. The van der Waals surface area contributed by atoms with Gasteiger partial charge in [0.25, 0.3) is 0 Å². The number of benzene rings is 1. The molecule has 1 aromatic carbocycles. The summed E-state index contributed by atoms with van der Waals surface area (Å²) in [6.07, 6.45) is 9.42. The molecule has 0 heterocycles. The van der Waals surface area contributed by atoms with E-state index in [0.29, 0.717) is 12.4 Å². The Labute approximate surface area is 199 Å². The second-order valence-electron chi connectivity index (χ2n) is 8.00. The van der Waals surface area contributed by atoms with Gasteiger partial charge in [-0.1, -0.05) is 57.5 Å². The monoisotopic (exact) mass is 457 g/mol. The first-order valence-corrected chi connectivity index (χ1v) is 12.2. The lowest BCUT2D eigenvalue weighted by atomic mass is 9.99. The lowest BCUT2D eigenvalue weighted by Crippen LogP contribution is -2.53. The van der Waals surface area contributed by atoms with Crippen LogP contribution in [0.1, 0.15) is 64.5 Å². The quantitative estimate of drug-likeness (QED) is 0.245. The molecule has 6 N–H and O–H groups in total. The molecule has 0 aliphatic carbocycles. The predicted octanol–water partition coefficient (Wildman–Crippen LogP) is 2.88. The summed E-state index contributed by atoms with van der Waals surface area (Å²) in [5.41, 5.74) is 9.54. The average molecular weight is 458 g/mol. The first kappa shape index (κ1) is 28.1. The fraction of sp³-hybridized carbons (Fsp3) is 0.538. The third-order valence-electron chi connectivity index (χ3n) is 5.34. The Kier molecular flexibility index (Phi) is 14.2. The van der Waals surface area contributed by atoms with E-state index in [0.717, 1.165) is 44.2 Å². The van der Waals surface area contributed by atoms with Crippen molar-refractivity contribution in [1.29, 1.82) is 0 Å². The molecule has 2 amide bonds. The van der Waals surface area contributed by atoms with Crippen LogP contribution in [0.5, 0.6) is 0 Å². The Hall–Kier alpha value is -2.96. The number of hydrogen-bond acceptors (Lipinski definition) is 5. The van der Waals surface area contributed by atoms with Gasteiger partial charge in [0.05, 0.1) is 12.4 Å². The number of allylic oxidation sites excluding steroid dienone is 3. The summed E-state index contributed by atoms with van der Waals surface area (Å²) >= 11 is 0. The molecule has 1 rings (SSSR count). The van der Waals surface area contributed by atoms with E-state index in [9.17, 15) is 9.59 Å². The van der Waals surface area contributed by atoms with Crippen molar-refractivity contribution in [3.05, 3.63) is 59.1 Å². The molecule has 0 saturated heterocycles. The Morgan fingerprint density at radius 3 is 2.33 bits per heavy atom. The number of nitrogens with two attached hydrogens (primary N) is 1. The largest absolute Gasteiger partial charge is 0.386 e. The van der Waals surface area contributed by atoms with Gasteiger partial charge in [-0.05, 0) is 56.2 Å². The van der Waals surface area contributed by atoms with Gasteiger partial charge in [-0.15, -0.1) is 0 Å². The molecule has 0 radical (unpaired) electrons. The maximum absolute atomic E-state index is 12.8. The van der Waals surface area contributed by atoms with E-state index in [1.54, 1.807) is 6.08 Å². The summed E-state index contributed by atoms with van der Waals surface area (Å²) in [6.45, 7) is 8.96. The van der Waals surface area contributed by atoms with Crippen LogP contribution in [0.3, 0.4) is 0 Å². The summed E-state index contributed by atoms with van der Waals surface area (Å²) in [5.74, 6) is 0.00760. The Morgan fingerprint density at radius 1 is 1.03 bits per heavy atom. The van der Waals surface area contributed by atoms with E-state index in [1.807, 2.05) is 13.8 Å². The number of aryl methyl sites for hydroxylation is 2. The minimum Gasteiger partial charge on any atom is -0.386 e. The normalized spacial score (nSPS) is 12.7. The van der Waals surface area contributed by atoms with Gasteiger partial charge >= 0.3 is 0 Å². The summed E-state index contributed by atoms with van der Waals surface area (Å²) < 4.78 is 0. The SMILES string of the molecule is C/C=C(/N)NCC(NC(=O)CN/C(=C/CC)CC)C(=O)NCCCc1ccccc1CCC. The van der Waals surface area contributed by atoms with Gasteiger partial charge in [0.15, 0.2) is 0 Å². The Balaban J connectivity index is 2.61. The highest BCUT2D eigenvalue weighted by atomic mass is 16.2. The molecule has 1 unspecified atom stereocenters. The molecule has 1 aromatic rings. The molecular formula is C26H43N5O2. The summed E-state index contributed by atoms with van der Waals surface area (Å²) in [4.78, 5) is 25.3. The van der Waals surface area contributed by atoms with Crippen LogP contribution in [0.25, 0.3) is 0 Å². The third-order valence-corrected chi connectivity index (χ3v) is 5.34. The highest BCUT2D eigenvalue weighted by Crippen LogP contribution is 2.13. The molecule has 0 spiro atoms. The molecule has 0 aliphatic heterocycles. The minimum atomic E-state index is -0.717. The van der Waals surface area contributed by atoms with Gasteiger partial charge in [-0.2, -0.15) is 0 Å². The van der Waals surface area contributed by atoms with Crippen molar-refractivity contribution in [3.8, 4) is 0 Å². The molecule has 0 aliphatic rings. The standard InChI is InChI=1S/C26H43N5O2/c1-5-12-20-14-9-10-15-21(20)16-11-17-28-26(33)23(18-30-24(27)8-4)31-25(32)19-29-22(7-3)13-6-2/h8-10,13-15,23,29-30H,5-7,11-12,16-19,27H2,1-4H3,(H,28,33)(H,31,32)/b22-13+,24-8-. The van der Waals surface area contributed by atoms with Crippen molar-refractivity contribution < 1.29 is 9.59 Å². The molecular weight excluding hydrogens is 414 g/mol. The first-order valence-electron chi connectivity index (χ1n) is 12.2. The average Bonchev–Trinajstić information content (AvgIpc) is 2.82. The topological polar surface area (TPSA) is 108 Å². The van der Waals surface area contributed by atoms with Crippen molar-refractivity contribution in [2.45, 2.75) is 72.3 Å². The van der Waals surface area contributed by atoms with Gasteiger partial charge in [-0.25, -0.2) is 0 Å². The van der Waals surface area contributed by atoms with Crippen LogP contribution in [-0.4, -0.2) is 37.5 Å². The zero-order chi connectivity index (χ0) is 24.5. The van der Waals surface area contributed by atoms with E-state index in [1.165, 1.54) is 11.1 Å². The molecule has 184 valence electrons. The number of hydrogen-bond donors (Lipinski definition) is 5. The van der Waals surface area contributed by atoms with E-state index in [4.69, 9.17) is 5.73 Å². The summed E-state index contributed by atoms with van der Waals surface area (Å²) in [5, 5.41) is 11.9. The second kappa shape index (κ2) is 16.6. The second-order valence-corrected chi connectivity index (χ2v) is 8.00. The summed E-state index contributed by atoms with van der Waals surface area (Å²) in [6, 6.07) is 7.75. The third kappa shape index (κ3) is 11.5. The van der Waals surface area contributed by atoms with Crippen molar-refractivity contribution in [2.24, 2.45) is 5.73 Å². The Bertz CT molecular complexity index is 789. The highest BCUT2D eigenvalue weighted by molar-refractivity contribution is 5.88. The molecule has 0 bridgehead atoms. The number of nitrogens with one attached hydrogen (secondary N) is 4. The van der Waals surface area contributed by atoms with E-state index < -0.39 is 6.04 Å². The van der Waals surface area contributed by atoms with E-state index in [-0.39, 0.29) is 24.9 Å². The molecule has 33 heavy (non-hydrogen) atoms. The molecule has 1 atom stereocenters. The zero-order valence-corrected chi connectivity index (χ0v) is 20.8. The van der Waals surface area contributed by atoms with Gasteiger partial charge in [0, 0.05) is 18.8 Å². The van der Waals surface area contributed by atoms with Crippen molar-refractivity contribution >= 4 is 11.8 Å². The van der Waals surface area contributed by atoms with Crippen molar-refractivity contribution in [2.75, 3.05) is 19.6 Å². The molecule has 7 heteroatoms. The van der Waals surface area contributed by atoms with Gasteiger partial charge < -0.3 is 27.0 Å². The number of amides is 2. The lowest BCUT2D eigenvalue weighted by molar-refractivity contribution is -0.128. The predicted molar refractivity (Wildman–Crippen MR) is 136 cm³/mol. The fourth-order valence-corrected chi connectivity index (χ4v) is 3.49. The van der Waals surface area contributed by atoms with Crippen LogP contribution in [0.4, 0.5) is 0 Å². The highest BCUT2D eigenvalue weighted by Gasteiger charge is 2.20. The lowest BCUT2D eigenvalue weighted by Gasteiger charge is -2.20. The Morgan fingerprint density at radius 2 is 1.73 bits per heavy atom. The molecule has 7 nitrogen and oxygen atoms in total. The van der Waals surface area contributed by atoms with Crippen LogP contribution in [0.2, 0.25) is 0 Å². The molecule has 0 fully saturated rings. The molecule has 0 saturated carbocycles. The summed E-state index contributed by atoms with van der Waals surface area (Å²) in [7, 11) is 0. The van der Waals surface area contributed by atoms with Crippen LogP contribution >= 0.6 is 0 Å². The first-order chi connectivity index (χ1) is 15.9. The van der Waals surface area contributed by atoms with Crippen LogP contribution in [0.15, 0.2) is 47.9 Å². The van der Waals surface area contributed by atoms with E-state index >= 15 is 0 Å². The number of rotatable bonds is 16. The van der Waals surface area contributed by atoms with Crippen LogP contribution in [0, 0.1) is 0 Å². The van der Waals surface area contributed by atoms with Gasteiger partial charge in [-0.3, -0.25) is 9.59 Å². The van der Waals surface area contributed by atoms with Crippen molar-refractivity contribution in [1.82, 2.24) is 21.3 Å². The fourth-order valence-electron chi connectivity index (χ4n) is 3.49. The van der Waals surface area contributed by atoms with Crippen molar-refractivity contribution in [3.63, 3.8) is 0 Å². The molecule has 0 aromatic heterocycles. The maximum atomic E-state index is 12.8. The zero-order valence-electron chi connectivity index (χ0n) is 20.8. The maximum Gasteiger partial charge on any atom is 0.244 e. The van der Waals surface area contributed by atoms with Crippen LogP contribution in [-0.2, 0) is 22.4 Å². The van der Waals surface area contributed by atoms with Gasteiger partial charge in [0.2, 0.25) is 11.8 Å². The van der Waals surface area contributed by atoms with Gasteiger partial charge in [0.1, 0.15) is 6.04 Å². The van der Waals surface area contributed by atoms with E-state index in [2.05, 4.69) is 65.5 Å². The number of carbonyl (C=O) groups excluding carboxylic acids is 2. The van der Waals surface area contributed by atoms with Crippen LogP contribution < -0.4 is 27.0 Å². The number of carbonyl (C=O) groups is 2. The smallest absolute Gasteiger partial charge is 0.244 e.